The number of aryl methyl sites for hydroxylation is 2. The van der Waals surface area contributed by atoms with Crippen molar-refractivity contribution < 1.29 is 9.32 Å². The van der Waals surface area contributed by atoms with Gasteiger partial charge in [-0.15, -0.1) is 0 Å². The monoisotopic (exact) mass is 365 g/mol. The summed E-state index contributed by atoms with van der Waals surface area (Å²) in [6, 6.07) is 7.91. The average Bonchev–Trinajstić information content (AvgIpc) is 3.27. The van der Waals surface area contributed by atoms with Crippen molar-refractivity contribution in [3.05, 3.63) is 52.7 Å². The van der Waals surface area contributed by atoms with E-state index in [1.807, 2.05) is 31.2 Å². The van der Waals surface area contributed by atoms with Crippen LogP contribution in [0.2, 0.25) is 0 Å². The molecular formula is C20H23N5O2. The van der Waals surface area contributed by atoms with E-state index in [0.29, 0.717) is 23.3 Å². The van der Waals surface area contributed by atoms with Crippen molar-refractivity contribution in [1.82, 2.24) is 25.2 Å². The van der Waals surface area contributed by atoms with Crippen LogP contribution in [-0.4, -0.2) is 38.2 Å². The Morgan fingerprint density at radius 2 is 2.26 bits per heavy atom. The highest BCUT2D eigenvalue weighted by molar-refractivity contribution is 5.93. The van der Waals surface area contributed by atoms with E-state index >= 15 is 0 Å². The van der Waals surface area contributed by atoms with Gasteiger partial charge in [0.2, 0.25) is 11.7 Å². The Bertz CT molecular complexity index is 974. The van der Waals surface area contributed by atoms with Crippen LogP contribution in [0.3, 0.4) is 0 Å². The van der Waals surface area contributed by atoms with Crippen molar-refractivity contribution in [1.29, 1.82) is 0 Å². The second-order valence-corrected chi connectivity index (χ2v) is 7.42. The Kier molecular flexibility index (Phi) is 4.51. The van der Waals surface area contributed by atoms with Crippen LogP contribution in [0.5, 0.6) is 0 Å². The summed E-state index contributed by atoms with van der Waals surface area (Å²) in [6.45, 7) is 4.47. The van der Waals surface area contributed by atoms with Crippen molar-refractivity contribution in [3.63, 3.8) is 0 Å². The van der Waals surface area contributed by atoms with Gasteiger partial charge in [0.25, 0.3) is 5.91 Å². The molecule has 1 aliphatic rings. The topological polar surface area (TPSA) is 87.9 Å². The van der Waals surface area contributed by atoms with Gasteiger partial charge in [-0.2, -0.15) is 10.1 Å². The highest BCUT2D eigenvalue weighted by atomic mass is 16.5. The van der Waals surface area contributed by atoms with Gasteiger partial charge in [0.05, 0.1) is 0 Å². The number of hydrogen-bond acceptors (Lipinski definition) is 5. The second-order valence-electron chi connectivity index (χ2n) is 7.42. The maximum absolute atomic E-state index is 12.9. The second kappa shape index (κ2) is 6.98. The summed E-state index contributed by atoms with van der Waals surface area (Å²) >= 11 is 0. The number of fused-ring (bicyclic) bond motifs is 1. The molecular weight excluding hydrogens is 342 g/mol. The van der Waals surface area contributed by atoms with Crippen molar-refractivity contribution in [2.24, 2.45) is 5.92 Å². The molecule has 1 aliphatic carbocycles. The molecule has 0 spiro atoms. The van der Waals surface area contributed by atoms with E-state index in [4.69, 9.17) is 4.52 Å². The van der Waals surface area contributed by atoms with Crippen LogP contribution in [0.4, 0.5) is 0 Å². The standard InChI is InChI=1S/C20H23N5O2/c1-12-5-4-6-14(9-12)19-21-17(27-24-19)11-25(3)20(26)18-15-10-13(2)7-8-16(15)22-23-18/h4-6,9,13H,7-8,10-11H2,1-3H3,(H,22,23)/t13-/m1/s1. The van der Waals surface area contributed by atoms with Crippen molar-refractivity contribution in [2.75, 3.05) is 7.05 Å². The van der Waals surface area contributed by atoms with E-state index in [-0.39, 0.29) is 12.5 Å². The number of carbonyl (C=O) groups is 1. The number of amides is 1. The third kappa shape index (κ3) is 3.49. The maximum Gasteiger partial charge on any atom is 0.274 e. The molecule has 2 heterocycles. The first kappa shape index (κ1) is 17.5. The molecule has 4 rings (SSSR count). The molecule has 1 aromatic carbocycles. The smallest absolute Gasteiger partial charge is 0.274 e. The highest BCUT2D eigenvalue weighted by Gasteiger charge is 2.27. The Hall–Kier alpha value is -2.96. The summed E-state index contributed by atoms with van der Waals surface area (Å²) in [6.07, 6.45) is 2.96. The van der Waals surface area contributed by atoms with Gasteiger partial charge >= 0.3 is 0 Å². The summed E-state index contributed by atoms with van der Waals surface area (Å²) in [5.41, 5.74) is 4.68. The fourth-order valence-electron chi connectivity index (χ4n) is 3.52. The molecule has 3 aromatic rings. The Labute approximate surface area is 157 Å². The molecule has 0 fully saturated rings. The molecule has 0 bridgehead atoms. The van der Waals surface area contributed by atoms with Gasteiger partial charge in [0.15, 0.2) is 5.69 Å². The Morgan fingerprint density at radius 3 is 3.07 bits per heavy atom. The molecule has 1 atom stereocenters. The molecule has 27 heavy (non-hydrogen) atoms. The fourth-order valence-corrected chi connectivity index (χ4v) is 3.52. The number of benzene rings is 1. The van der Waals surface area contributed by atoms with Crippen LogP contribution < -0.4 is 0 Å². The number of aromatic nitrogens is 4. The Morgan fingerprint density at radius 1 is 1.41 bits per heavy atom. The van der Waals surface area contributed by atoms with E-state index in [0.717, 1.165) is 41.6 Å². The molecule has 0 unspecified atom stereocenters. The maximum atomic E-state index is 12.9. The van der Waals surface area contributed by atoms with E-state index in [2.05, 4.69) is 27.3 Å². The summed E-state index contributed by atoms with van der Waals surface area (Å²) in [4.78, 5) is 18.9. The molecule has 0 aliphatic heterocycles. The lowest BCUT2D eigenvalue weighted by Crippen LogP contribution is -2.28. The van der Waals surface area contributed by atoms with Gasteiger partial charge in [0, 0.05) is 23.9 Å². The first-order valence-corrected chi connectivity index (χ1v) is 9.22. The first-order valence-electron chi connectivity index (χ1n) is 9.22. The van der Waals surface area contributed by atoms with Crippen LogP contribution in [0.1, 0.15) is 46.5 Å². The van der Waals surface area contributed by atoms with E-state index in [1.54, 1.807) is 11.9 Å². The van der Waals surface area contributed by atoms with Gasteiger partial charge in [-0.05, 0) is 38.2 Å². The van der Waals surface area contributed by atoms with E-state index in [9.17, 15) is 4.79 Å². The molecule has 0 saturated carbocycles. The molecule has 2 aromatic heterocycles. The first-order chi connectivity index (χ1) is 13.0. The number of H-pyrrole nitrogens is 1. The van der Waals surface area contributed by atoms with Gasteiger partial charge < -0.3 is 9.42 Å². The fraction of sp³-hybridized carbons (Fsp3) is 0.400. The van der Waals surface area contributed by atoms with Crippen molar-refractivity contribution in [3.8, 4) is 11.4 Å². The summed E-state index contributed by atoms with van der Waals surface area (Å²) < 4.78 is 5.34. The normalized spacial score (nSPS) is 16.2. The number of nitrogens with one attached hydrogen (secondary N) is 1. The number of nitrogens with zero attached hydrogens (tertiary/aromatic N) is 4. The third-order valence-electron chi connectivity index (χ3n) is 5.06. The Balaban J connectivity index is 1.49. The van der Waals surface area contributed by atoms with E-state index in [1.165, 1.54) is 0 Å². The molecule has 1 N–H and O–H groups in total. The summed E-state index contributed by atoms with van der Waals surface area (Å²) in [7, 11) is 1.73. The van der Waals surface area contributed by atoms with Crippen LogP contribution in [0.25, 0.3) is 11.4 Å². The molecule has 0 radical (unpaired) electrons. The largest absolute Gasteiger partial charge is 0.337 e. The van der Waals surface area contributed by atoms with Crippen LogP contribution >= 0.6 is 0 Å². The van der Waals surface area contributed by atoms with Gasteiger partial charge in [0.1, 0.15) is 6.54 Å². The van der Waals surface area contributed by atoms with E-state index < -0.39 is 0 Å². The molecule has 7 heteroatoms. The van der Waals surface area contributed by atoms with Crippen LogP contribution in [-0.2, 0) is 19.4 Å². The summed E-state index contributed by atoms with van der Waals surface area (Å²) in [5.74, 6) is 1.37. The SMILES string of the molecule is Cc1cccc(-c2noc(CN(C)C(=O)c3n[nH]c4c3C[C@H](C)CC4)n2)c1. The zero-order valence-electron chi connectivity index (χ0n) is 15.8. The number of rotatable bonds is 4. The lowest BCUT2D eigenvalue weighted by molar-refractivity contribution is 0.0762. The molecule has 140 valence electrons. The molecule has 1 amide bonds. The minimum atomic E-state index is -0.128. The predicted molar refractivity (Wildman–Crippen MR) is 100 cm³/mol. The number of carbonyl (C=O) groups excluding carboxylic acids is 1. The quantitative estimate of drug-likeness (QED) is 0.767. The average molecular weight is 365 g/mol. The number of hydrogen-bond donors (Lipinski definition) is 1. The third-order valence-corrected chi connectivity index (χ3v) is 5.06. The highest BCUT2D eigenvalue weighted by Crippen LogP contribution is 2.27. The zero-order valence-corrected chi connectivity index (χ0v) is 15.8. The van der Waals surface area contributed by atoms with Gasteiger partial charge in [-0.3, -0.25) is 9.89 Å². The lowest BCUT2D eigenvalue weighted by atomic mass is 9.87. The summed E-state index contributed by atoms with van der Waals surface area (Å²) in [5, 5.41) is 11.3. The van der Waals surface area contributed by atoms with Crippen LogP contribution in [0.15, 0.2) is 28.8 Å². The molecule has 7 nitrogen and oxygen atoms in total. The minimum Gasteiger partial charge on any atom is -0.337 e. The predicted octanol–water partition coefficient (Wildman–Crippen LogP) is 3.17. The lowest BCUT2D eigenvalue weighted by Gasteiger charge is -2.19. The minimum absolute atomic E-state index is 0.128. The van der Waals surface area contributed by atoms with Crippen molar-refractivity contribution >= 4 is 5.91 Å². The van der Waals surface area contributed by atoms with Crippen LogP contribution in [0, 0.1) is 12.8 Å². The zero-order chi connectivity index (χ0) is 19.0. The van der Waals surface area contributed by atoms with Gasteiger partial charge in [-0.1, -0.05) is 35.8 Å². The van der Waals surface area contributed by atoms with Crippen molar-refractivity contribution in [2.45, 2.75) is 39.7 Å². The number of aromatic amines is 1. The van der Waals surface area contributed by atoms with Gasteiger partial charge in [-0.25, -0.2) is 0 Å². The molecule has 0 saturated heterocycles.